The Bertz CT molecular complexity index is 1520. The van der Waals surface area contributed by atoms with Crippen molar-refractivity contribution in [3.05, 3.63) is 126 Å². The van der Waals surface area contributed by atoms with E-state index in [0.29, 0.717) is 34.5 Å². The first-order valence-electron chi connectivity index (χ1n) is 12.2. The number of amides is 1. The highest BCUT2D eigenvalue weighted by molar-refractivity contribution is 6.04. The molecule has 0 aliphatic heterocycles. The molecule has 4 aromatic carbocycles. The SMILES string of the molecule is Cc1ccc(Nc2cc(Nc3ccc(NC(=O)c4ccc(Oc5ccccc5)cc4)cc3)nc(C)n2)cc1. The van der Waals surface area contributed by atoms with Crippen LogP contribution >= 0.6 is 0 Å². The molecule has 0 radical (unpaired) electrons. The summed E-state index contributed by atoms with van der Waals surface area (Å²) in [6, 6.07) is 34.0. The third-order valence-corrected chi connectivity index (χ3v) is 5.67. The van der Waals surface area contributed by atoms with Gasteiger partial charge in [0.25, 0.3) is 5.91 Å². The second-order valence-electron chi connectivity index (χ2n) is 8.77. The van der Waals surface area contributed by atoms with Crippen molar-refractivity contribution in [2.75, 3.05) is 16.0 Å². The van der Waals surface area contributed by atoms with Gasteiger partial charge in [-0.25, -0.2) is 9.97 Å². The Balaban J connectivity index is 1.19. The van der Waals surface area contributed by atoms with Gasteiger partial charge in [-0.05, 0) is 86.6 Å². The molecule has 7 nitrogen and oxygen atoms in total. The Hall–Kier alpha value is -5.17. The lowest BCUT2D eigenvalue weighted by Gasteiger charge is -2.11. The number of hydrogen-bond acceptors (Lipinski definition) is 6. The van der Waals surface area contributed by atoms with Gasteiger partial charge in [0.2, 0.25) is 0 Å². The first-order valence-corrected chi connectivity index (χ1v) is 12.2. The molecule has 5 rings (SSSR count). The molecule has 1 amide bonds. The summed E-state index contributed by atoms with van der Waals surface area (Å²) in [4.78, 5) is 21.7. The third kappa shape index (κ3) is 6.53. The Morgan fingerprint density at radius 2 is 1.16 bits per heavy atom. The fourth-order valence-electron chi connectivity index (χ4n) is 3.77. The minimum absolute atomic E-state index is 0.199. The minimum atomic E-state index is -0.199. The van der Waals surface area contributed by atoms with Gasteiger partial charge in [-0.1, -0.05) is 35.9 Å². The molecule has 0 unspecified atom stereocenters. The van der Waals surface area contributed by atoms with E-state index in [1.165, 1.54) is 5.56 Å². The average molecular weight is 502 g/mol. The van der Waals surface area contributed by atoms with Crippen molar-refractivity contribution >= 4 is 34.6 Å². The molecule has 1 heterocycles. The number of hydrogen-bond donors (Lipinski definition) is 3. The van der Waals surface area contributed by atoms with Gasteiger partial charge in [-0.3, -0.25) is 4.79 Å². The number of ether oxygens (including phenoxy) is 1. The predicted molar refractivity (Wildman–Crippen MR) is 152 cm³/mol. The third-order valence-electron chi connectivity index (χ3n) is 5.67. The maximum atomic E-state index is 12.7. The van der Waals surface area contributed by atoms with E-state index >= 15 is 0 Å². The molecule has 0 saturated heterocycles. The lowest BCUT2D eigenvalue weighted by Crippen LogP contribution is -2.11. The molecule has 0 spiro atoms. The van der Waals surface area contributed by atoms with Crippen molar-refractivity contribution < 1.29 is 9.53 Å². The number of para-hydroxylation sites is 1. The predicted octanol–water partition coefficient (Wildman–Crippen LogP) is 7.63. The average Bonchev–Trinajstić information content (AvgIpc) is 2.92. The van der Waals surface area contributed by atoms with Gasteiger partial charge in [0.1, 0.15) is 29.0 Å². The molecular formula is C31H27N5O2. The zero-order chi connectivity index (χ0) is 26.3. The van der Waals surface area contributed by atoms with E-state index < -0.39 is 0 Å². The number of carbonyl (C=O) groups is 1. The summed E-state index contributed by atoms with van der Waals surface area (Å²) in [6.07, 6.45) is 0. The zero-order valence-corrected chi connectivity index (χ0v) is 21.1. The lowest BCUT2D eigenvalue weighted by molar-refractivity contribution is 0.102. The van der Waals surface area contributed by atoms with Crippen molar-refractivity contribution in [2.45, 2.75) is 13.8 Å². The summed E-state index contributed by atoms with van der Waals surface area (Å²) in [6.45, 7) is 3.90. The maximum Gasteiger partial charge on any atom is 0.255 e. The van der Waals surface area contributed by atoms with E-state index in [4.69, 9.17) is 4.74 Å². The quantitative estimate of drug-likeness (QED) is 0.203. The molecule has 38 heavy (non-hydrogen) atoms. The number of rotatable bonds is 8. The van der Waals surface area contributed by atoms with Crippen LogP contribution in [-0.2, 0) is 0 Å². The summed E-state index contributed by atoms with van der Waals surface area (Å²) in [5.74, 6) is 3.23. The Morgan fingerprint density at radius 1 is 0.632 bits per heavy atom. The normalized spacial score (nSPS) is 10.5. The Kier molecular flexibility index (Phi) is 7.27. The van der Waals surface area contributed by atoms with Gasteiger partial charge < -0.3 is 20.7 Å². The van der Waals surface area contributed by atoms with Crippen molar-refractivity contribution in [3.63, 3.8) is 0 Å². The molecule has 3 N–H and O–H groups in total. The maximum absolute atomic E-state index is 12.7. The van der Waals surface area contributed by atoms with Crippen LogP contribution in [-0.4, -0.2) is 15.9 Å². The topological polar surface area (TPSA) is 88.2 Å². The van der Waals surface area contributed by atoms with Gasteiger partial charge in [0, 0.05) is 28.7 Å². The highest BCUT2D eigenvalue weighted by Gasteiger charge is 2.08. The smallest absolute Gasteiger partial charge is 0.255 e. The second kappa shape index (κ2) is 11.3. The fourth-order valence-corrected chi connectivity index (χ4v) is 3.77. The molecule has 1 aromatic heterocycles. The number of carbonyl (C=O) groups excluding carboxylic acids is 1. The zero-order valence-electron chi connectivity index (χ0n) is 21.1. The van der Waals surface area contributed by atoms with Crippen LogP contribution in [0.1, 0.15) is 21.7 Å². The van der Waals surface area contributed by atoms with Crippen LogP contribution in [0.5, 0.6) is 11.5 Å². The van der Waals surface area contributed by atoms with E-state index in [-0.39, 0.29) is 5.91 Å². The molecule has 0 atom stereocenters. The molecule has 0 aliphatic carbocycles. The minimum Gasteiger partial charge on any atom is -0.457 e. The summed E-state index contributed by atoms with van der Waals surface area (Å²) >= 11 is 0. The molecule has 188 valence electrons. The fraction of sp³-hybridized carbons (Fsp3) is 0.0645. The number of nitrogens with one attached hydrogen (secondary N) is 3. The molecular weight excluding hydrogens is 474 g/mol. The van der Waals surface area contributed by atoms with Crippen LogP contribution in [0, 0.1) is 13.8 Å². The van der Waals surface area contributed by atoms with E-state index in [2.05, 4.69) is 32.8 Å². The van der Waals surface area contributed by atoms with Gasteiger partial charge in [-0.2, -0.15) is 0 Å². The van der Waals surface area contributed by atoms with Gasteiger partial charge in [0.15, 0.2) is 0 Å². The lowest BCUT2D eigenvalue weighted by atomic mass is 10.2. The summed E-state index contributed by atoms with van der Waals surface area (Å²) in [5, 5.41) is 9.54. The number of aromatic nitrogens is 2. The number of benzene rings is 4. The molecule has 5 aromatic rings. The molecule has 0 aliphatic rings. The van der Waals surface area contributed by atoms with Crippen LogP contribution in [0.2, 0.25) is 0 Å². The summed E-state index contributed by atoms with van der Waals surface area (Å²) in [5.41, 5.74) is 4.22. The number of aryl methyl sites for hydroxylation is 2. The highest BCUT2D eigenvalue weighted by atomic mass is 16.5. The van der Waals surface area contributed by atoms with E-state index in [1.54, 1.807) is 24.3 Å². The highest BCUT2D eigenvalue weighted by Crippen LogP contribution is 2.24. The first-order chi connectivity index (χ1) is 18.5. The largest absolute Gasteiger partial charge is 0.457 e. The monoisotopic (exact) mass is 501 g/mol. The number of anilines is 5. The Morgan fingerprint density at radius 3 is 1.76 bits per heavy atom. The summed E-state index contributed by atoms with van der Waals surface area (Å²) in [7, 11) is 0. The van der Waals surface area contributed by atoms with Crippen LogP contribution in [0.4, 0.5) is 28.7 Å². The van der Waals surface area contributed by atoms with Crippen molar-refractivity contribution in [2.24, 2.45) is 0 Å². The number of nitrogens with zero attached hydrogens (tertiary/aromatic N) is 2. The first kappa shape index (κ1) is 24.5. The van der Waals surface area contributed by atoms with Gasteiger partial charge >= 0.3 is 0 Å². The second-order valence-corrected chi connectivity index (χ2v) is 8.77. The molecule has 0 fully saturated rings. The van der Waals surface area contributed by atoms with E-state index in [1.807, 2.05) is 91.9 Å². The van der Waals surface area contributed by atoms with E-state index in [9.17, 15) is 4.79 Å². The van der Waals surface area contributed by atoms with Crippen molar-refractivity contribution in [1.82, 2.24) is 9.97 Å². The molecule has 7 heteroatoms. The van der Waals surface area contributed by atoms with Crippen LogP contribution in [0.3, 0.4) is 0 Å². The van der Waals surface area contributed by atoms with Gasteiger partial charge in [0.05, 0.1) is 0 Å². The van der Waals surface area contributed by atoms with Crippen molar-refractivity contribution in [1.29, 1.82) is 0 Å². The van der Waals surface area contributed by atoms with Gasteiger partial charge in [-0.15, -0.1) is 0 Å². The molecule has 0 bridgehead atoms. The van der Waals surface area contributed by atoms with E-state index in [0.717, 1.165) is 17.1 Å². The van der Waals surface area contributed by atoms with Crippen LogP contribution in [0.25, 0.3) is 0 Å². The standard InChI is InChI=1S/C31H27N5O2/c1-21-8-12-24(13-9-21)34-29-20-30(33-22(2)32-29)35-25-14-16-26(17-15-25)36-31(37)23-10-18-28(19-11-23)38-27-6-4-3-5-7-27/h3-20H,1-2H3,(H,36,37)(H2,32,33,34,35). The van der Waals surface area contributed by atoms with Crippen LogP contribution < -0.4 is 20.7 Å². The van der Waals surface area contributed by atoms with Crippen molar-refractivity contribution in [3.8, 4) is 11.5 Å². The molecule has 0 saturated carbocycles. The Labute approximate surface area is 221 Å². The van der Waals surface area contributed by atoms with Crippen LogP contribution in [0.15, 0.2) is 109 Å². The summed E-state index contributed by atoms with van der Waals surface area (Å²) < 4.78 is 5.79.